The third-order valence-corrected chi connectivity index (χ3v) is 2.64. The largest absolute Gasteiger partial charge is 0.483 e. The summed E-state index contributed by atoms with van der Waals surface area (Å²) < 4.78 is 5.44. The fourth-order valence-corrected chi connectivity index (χ4v) is 1.60. The van der Waals surface area contributed by atoms with Gasteiger partial charge in [0.1, 0.15) is 5.75 Å². The predicted octanol–water partition coefficient (Wildman–Crippen LogP) is 1.91. The molecule has 0 saturated heterocycles. The quantitative estimate of drug-likeness (QED) is 0.350. The van der Waals surface area contributed by atoms with E-state index >= 15 is 0 Å². The number of carbonyl (C=O) groups excluding carboxylic acids is 1. The zero-order chi connectivity index (χ0) is 13.5. The minimum Gasteiger partial charge on any atom is -0.483 e. The van der Waals surface area contributed by atoms with E-state index in [2.05, 4.69) is 26.5 Å². The summed E-state index contributed by atoms with van der Waals surface area (Å²) in [5.74, 6) is 5.80. The van der Waals surface area contributed by atoms with Crippen LogP contribution in [0.4, 0.5) is 0 Å². The number of carbonyl (C=O) groups is 1. The smallest absolute Gasteiger partial charge is 0.271 e. The highest BCUT2D eigenvalue weighted by molar-refractivity contribution is 5.76. The van der Waals surface area contributed by atoms with Gasteiger partial charge in [-0.1, -0.05) is 32.1 Å². The van der Waals surface area contributed by atoms with Crippen molar-refractivity contribution in [2.75, 3.05) is 6.61 Å². The first-order chi connectivity index (χ1) is 8.58. The molecule has 0 radical (unpaired) electrons. The zero-order valence-corrected chi connectivity index (χ0v) is 10.9. The Labute approximate surface area is 108 Å². The predicted molar refractivity (Wildman–Crippen MR) is 72.3 cm³/mol. The number of ether oxygens (including phenoxy) is 1. The van der Waals surface area contributed by atoms with Crippen molar-refractivity contribution in [2.45, 2.75) is 26.2 Å². The highest BCUT2D eigenvalue weighted by Crippen LogP contribution is 2.25. The number of rotatable bonds is 6. The van der Waals surface area contributed by atoms with Gasteiger partial charge in [0.05, 0.1) is 0 Å². The van der Waals surface area contributed by atoms with Gasteiger partial charge in [-0.25, -0.2) is 5.84 Å². The zero-order valence-electron chi connectivity index (χ0n) is 10.9. The molecule has 1 aromatic carbocycles. The molecule has 3 N–H and O–H groups in total. The molecule has 4 heteroatoms. The Kier molecular flexibility index (Phi) is 5.39. The lowest BCUT2D eigenvalue weighted by atomic mass is 9.99. The second-order valence-corrected chi connectivity index (χ2v) is 4.37. The number of benzene rings is 1. The molecule has 0 saturated carbocycles. The summed E-state index contributed by atoms with van der Waals surface area (Å²) >= 11 is 0. The second kappa shape index (κ2) is 6.81. The fraction of sp³-hybridized carbons (Fsp3) is 0.357. The molecule has 1 aromatic rings. The fourth-order valence-electron chi connectivity index (χ4n) is 1.60. The number of hydrogen-bond acceptors (Lipinski definition) is 3. The van der Waals surface area contributed by atoms with Crippen LogP contribution in [0, 0.1) is 0 Å². The van der Waals surface area contributed by atoms with E-state index in [1.807, 2.05) is 23.6 Å². The van der Waals surface area contributed by atoms with E-state index in [0.29, 0.717) is 18.1 Å². The Morgan fingerprint density at radius 3 is 2.83 bits per heavy atom. The molecule has 0 bridgehead atoms. The molecule has 0 atom stereocenters. The molecule has 0 spiro atoms. The van der Waals surface area contributed by atoms with Gasteiger partial charge in [-0.15, -0.1) is 6.58 Å². The van der Waals surface area contributed by atoms with Crippen molar-refractivity contribution in [3.63, 3.8) is 0 Å². The summed E-state index contributed by atoms with van der Waals surface area (Å²) in [6.45, 7) is 7.92. The minimum atomic E-state index is -0.354. The lowest BCUT2D eigenvalue weighted by Crippen LogP contribution is -2.34. The molecule has 1 amide bonds. The van der Waals surface area contributed by atoms with Gasteiger partial charge in [-0.3, -0.25) is 10.2 Å². The van der Waals surface area contributed by atoms with Gasteiger partial charge < -0.3 is 4.74 Å². The van der Waals surface area contributed by atoms with Crippen LogP contribution in [0.3, 0.4) is 0 Å². The van der Waals surface area contributed by atoms with Gasteiger partial charge in [0.25, 0.3) is 5.91 Å². The number of amides is 1. The summed E-state index contributed by atoms with van der Waals surface area (Å²) in [6.07, 6.45) is 2.52. The number of hydrazine groups is 1. The van der Waals surface area contributed by atoms with Crippen LogP contribution in [0.2, 0.25) is 0 Å². The van der Waals surface area contributed by atoms with Crippen LogP contribution in [-0.4, -0.2) is 12.5 Å². The van der Waals surface area contributed by atoms with Crippen molar-refractivity contribution in [2.24, 2.45) is 5.84 Å². The minimum absolute atomic E-state index is 0.0817. The molecule has 0 aliphatic carbocycles. The third kappa shape index (κ3) is 3.89. The topological polar surface area (TPSA) is 64.3 Å². The van der Waals surface area contributed by atoms with E-state index in [1.54, 1.807) is 0 Å². The van der Waals surface area contributed by atoms with E-state index in [9.17, 15) is 4.79 Å². The van der Waals surface area contributed by atoms with E-state index in [0.717, 1.165) is 5.56 Å². The van der Waals surface area contributed by atoms with Crippen LogP contribution < -0.4 is 16.0 Å². The van der Waals surface area contributed by atoms with Gasteiger partial charge in [0.15, 0.2) is 6.61 Å². The lowest BCUT2D eigenvalue weighted by Gasteiger charge is -2.13. The molecule has 0 fully saturated rings. The van der Waals surface area contributed by atoms with Crippen LogP contribution >= 0.6 is 0 Å². The molecule has 0 heterocycles. The molecule has 18 heavy (non-hydrogen) atoms. The van der Waals surface area contributed by atoms with Gasteiger partial charge in [-0.05, 0) is 29.5 Å². The van der Waals surface area contributed by atoms with Gasteiger partial charge in [0, 0.05) is 0 Å². The van der Waals surface area contributed by atoms with Crippen LogP contribution in [0.1, 0.15) is 30.9 Å². The normalized spacial score (nSPS) is 10.2. The standard InChI is InChI=1S/C14H20N2O2/c1-4-5-12-8-11(10(2)3)6-7-13(12)18-9-14(17)16-15/h4,6-8,10H,1,5,9,15H2,2-3H3,(H,16,17). The number of allylic oxidation sites excluding steroid dienone is 1. The van der Waals surface area contributed by atoms with Gasteiger partial charge in [-0.2, -0.15) is 0 Å². The number of nitrogens with two attached hydrogens (primary N) is 1. The van der Waals surface area contributed by atoms with E-state index in [-0.39, 0.29) is 12.5 Å². The van der Waals surface area contributed by atoms with Crippen LogP contribution in [0.25, 0.3) is 0 Å². The first-order valence-corrected chi connectivity index (χ1v) is 5.94. The van der Waals surface area contributed by atoms with Crippen LogP contribution in [0.5, 0.6) is 5.75 Å². The molecule has 1 rings (SSSR count). The van der Waals surface area contributed by atoms with Crippen molar-refractivity contribution in [3.8, 4) is 5.75 Å². The Hall–Kier alpha value is -1.81. The first kappa shape index (κ1) is 14.3. The molecule has 98 valence electrons. The Morgan fingerprint density at radius 1 is 1.56 bits per heavy atom. The number of hydrogen-bond donors (Lipinski definition) is 2. The monoisotopic (exact) mass is 248 g/mol. The SMILES string of the molecule is C=CCc1cc(C(C)C)ccc1OCC(=O)NN. The summed E-state index contributed by atoms with van der Waals surface area (Å²) in [5, 5.41) is 0. The van der Waals surface area contributed by atoms with Crippen molar-refractivity contribution in [1.29, 1.82) is 0 Å². The molecule has 0 unspecified atom stereocenters. The van der Waals surface area contributed by atoms with Crippen LogP contribution in [-0.2, 0) is 11.2 Å². The average molecular weight is 248 g/mol. The highest BCUT2D eigenvalue weighted by atomic mass is 16.5. The van der Waals surface area contributed by atoms with Crippen molar-refractivity contribution in [1.82, 2.24) is 5.43 Å². The van der Waals surface area contributed by atoms with E-state index in [1.165, 1.54) is 5.56 Å². The number of nitrogens with one attached hydrogen (secondary N) is 1. The van der Waals surface area contributed by atoms with Crippen molar-refractivity contribution in [3.05, 3.63) is 42.0 Å². The molecule has 0 aliphatic heterocycles. The summed E-state index contributed by atoms with van der Waals surface area (Å²) in [4.78, 5) is 11.0. The molecule has 0 aliphatic rings. The summed E-state index contributed by atoms with van der Waals surface area (Å²) in [6, 6.07) is 5.98. The summed E-state index contributed by atoms with van der Waals surface area (Å²) in [7, 11) is 0. The van der Waals surface area contributed by atoms with Gasteiger partial charge >= 0.3 is 0 Å². The molecular formula is C14H20N2O2. The van der Waals surface area contributed by atoms with Gasteiger partial charge in [0.2, 0.25) is 0 Å². The maximum Gasteiger partial charge on any atom is 0.271 e. The van der Waals surface area contributed by atoms with Crippen molar-refractivity contribution < 1.29 is 9.53 Å². The van der Waals surface area contributed by atoms with Crippen molar-refractivity contribution >= 4 is 5.91 Å². The average Bonchev–Trinajstić information content (AvgIpc) is 2.36. The Bertz CT molecular complexity index is 428. The van der Waals surface area contributed by atoms with E-state index < -0.39 is 0 Å². The maximum absolute atomic E-state index is 11.0. The maximum atomic E-state index is 11.0. The lowest BCUT2D eigenvalue weighted by molar-refractivity contribution is -0.123. The Balaban J connectivity index is 2.89. The highest BCUT2D eigenvalue weighted by Gasteiger charge is 2.08. The third-order valence-electron chi connectivity index (χ3n) is 2.64. The van der Waals surface area contributed by atoms with E-state index in [4.69, 9.17) is 10.6 Å². The first-order valence-electron chi connectivity index (χ1n) is 5.94. The molecule has 4 nitrogen and oxygen atoms in total. The van der Waals surface area contributed by atoms with Crippen LogP contribution in [0.15, 0.2) is 30.9 Å². The Morgan fingerprint density at radius 2 is 2.28 bits per heavy atom. The molecule has 0 aromatic heterocycles. The molecular weight excluding hydrogens is 228 g/mol. The second-order valence-electron chi connectivity index (χ2n) is 4.37. The summed E-state index contributed by atoms with van der Waals surface area (Å²) in [5.41, 5.74) is 4.30.